The summed E-state index contributed by atoms with van der Waals surface area (Å²) in [6.07, 6.45) is 4.10. The van der Waals surface area contributed by atoms with Crippen LogP contribution in [0, 0.1) is 10.8 Å². The average molecular weight is 443 g/mol. The van der Waals surface area contributed by atoms with Crippen molar-refractivity contribution in [2.45, 2.75) is 46.1 Å². The first-order chi connectivity index (χ1) is 15.2. The molecule has 2 fully saturated rings. The number of morpholine rings is 1. The summed E-state index contributed by atoms with van der Waals surface area (Å²) in [5.74, 6) is -0.136. The van der Waals surface area contributed by atoms with Gasteiger partial charge in [-0.25, -0.2) is 14.6 Å². The molecule has 0 aromatic heterocycles. The molecule has 0 bridgehead atoms. The number of amides is 2. The molecule has 1 saturated heterocycles. The van der Waals surface area contributed by atoms with Crippen molar-refractivity contribution in [1.29, 1.82) is 0 Å². The number of carbonyl (C=O) groups excluding carboxylic acids is 3. The number of nitrogens with one attached hydrogen (secondary N) is 2. The molecule has 2 unspecified atom stereocenters. The molecule has 1 aliphatic heterocycles. The van der Waals surface area contributed by atoms with E-state index in [1.807, 2.05) is 12.1 Å². The van der Waals surface area contributed by atoms with E-state index in [0.717, 1.165) is 38.0 Å². The summed E-state index contributed by atoms with van der Waals surface area (Å²) in [4.78, 5) is 41.6. The molecule has 1 aromatic carbocycles. The van der Waals surface area contributed by atoms with Crippen LogP contribution in [0.15, 0.2) is 29.3 Å². The summed E-state index contributed by atoms with van der Waals surface area (Å²) in [6, 6.07) is 7.07. The number of hydrogen-bond donors (Lipinski definition) is 2. The maximum Gasteiger partial charge on any atom is 0.315 e. The first-order valence-electron chi connectivity index (χ1n) is 11.2. The number of Topliss-reactive ketones (excluding diaryl/α,β-unsaturated/α-hetero) is 1. The molecule has 0 spiro atoms. The van der Waals surface area contributed by atoms with Crippen molar-refractivity contribution in [3.05, 3.63) is 29.8 Å². The number of rotatable bonds is 7. The topological polar surface area (TPSA) is 100 Å². The molecular formula is C24H34N4O4. The van der Waals surface area contributed by atoms with Crippen LogP contribution in [0.25, 0.3) is 0 Å². The maximum absolute atomic E-state index is 12.5. The SMILES string of the molecule is CC1(C)CC(NC(=O)NCC(=O)c2ccc(N3CCOCC3)cc2)CC(C)(CN=C=O)C1. The number of ether oxygens (including phenoxy) is 1. The number of nitrogens with zero attached hydrogens (tertiary/aromatic N) is 2. The summed E-state index contributed by atoms with van der Waals surface area (Å²) >= 11 is 0. The third-order valence-electron chi connectivity index (χ3n) is 6.28. The number of anilines is 1. The Morgan fingerprint density at radius 2 is 1.84 bits per heavy atom. The maximum atomic E-state index is 12.5. The Morgan fingerprint density at radius 1 is 1.16 bits per heavy atom. The Morgan fingerprint density at radius 3 is 2.50 bits per heavy atom. The number of isocyanates is 1. The minimum Gasteiger partial charge on any atom is -0.378 e. The van der Waals surface area contributed by atoms with E-state index in [-0.39, 0.29) is 35.2 Å². The number of urea groups is 1. The Hall–Kier alpha value is -2.70. The van der Waals surface area contributed by atoms with Crippen LogP contribution in [0.3, 0.4) is 0 Å². The summed E-state index contributed by atoms with van der Waals surface area (Å²) in [5, 5.41) is 5.70. The first-order valence-corrected chi connectivity index (χ1v) is 11.2. The van der Waals surface area contributed by atoms with Gasteiger partial charge in [0, 0.05) is 30.4 Å². The second-order valence-electron chi connectivity index (χ2n) is 10.1. The highest BCUT2D eigenvalue weighted by Gasteiger charge is 2.41. The summed E-state index contributed by atoms with van der Waals surface area (Å²) in [5.41, 5.74) is 1.48. The normalized spacial score (nSPS) is 24.8. The zero-order chi connectivity index (χ0) is 23.2. The van der Waals surface area contributed by atoms with E-state index in [9.17, 15) is 14.4 Å². The van der Waals surface area contributed by atoms with Gasteiger partial charge in [-0.1, -0.05) is 20.8 Å². The van der Waals surface area contributed by atoms with E-state index in [1.165, 1.54) is 0 Å². The van der Waals surface area contributed by atoms with Gasteiger partial charge >= 0.3 is 6.03 Å². The van der Waals surface area contributed by atoms with Gasteiger partial charge in [-0.15, -0.1) is 0 Å². The number of ketones is 1. The lowest BCUT2D eigenvalue weighted by atomic mass is 9.62. The fourth-order valence-electron chi connectivity index (χ4n) is 5.26. The van der Waals surface area contributed by atoms with E-state index in [4.69, 9.17) is 4.74 Å². The standard InChI is InChI=1S/C24H34N4O4/c1-23(2)12-19(13-24(3,15-23)16-25-17-29)27-22(31)26-14-21(30)18-4-6-20(7-5-18)28-8-10-32-11-9-28/h4-7,19H,8-16H2,1-3H3,(H2,26,27,31). The molecule has 3 rings (SSSR count). The molecule has 1 heterocycles. The van der Waals surface area contributed by atoms with Crippen LogP contribution in [0.4, 0.5) is 10.5 Å². The van der Waals surface area contributed by atoms with Crippen molar-refractivity contribution in [1.82, 2.24) is 10.6 Å². The van der Waals surface area contributed by atoms with Crippen molar-refractivity contribution in [3.8, 4) is 0 Å². The minimum absolute atomic E-state index is 0.0153. The van der Waals surface area contributed by atoms with Gasteiger partial charge in [0.1, 0.15) is 0 Å². The highest BCUT2D eigenvalue weighted by atomic mass is 16.5. The summed E-state index contributed by atoms with van der Waals surface area (Å²) in [6.45, 7) is 9.84. The first kappa shape index (κ1) is 24.0. The molecule has 2 atom stereocenters. The second-order valence-corrected chi connectivity index (χ2v) is 10.1. The van der Waals surface area contributed by atoms with Gasteiger partial charge in [0.25, 0.3) is 0 Å². The van der Waals surface area contributed by atoms with Gasteiger partial charge in [-0.05, 0) is 54.4 Å². The van der Waals surface area contributed by atoms with Crippen molar-refractivity contribution in [2.24, 2.45) is 15.8 Å². The molecule has 2 aliphatic rings. The molecule has 8 nitrogen and oxygen atoms in total. The third-order valence-corrected chi connectivity index (χ3v) is 6.28. The lowest BCUT2D eigenvalue weighted by molar-refractivity contribution is 0.0804. The van der Waals surface area contributed by atoms with Crippen LogP contribution in [0.5, 0.6) is 0 Å². The van der Waals surface area contributed by atoms with Crippen LogP contribution in [0.2, 0.25) is 0 Å². The summed E-state index contributed by atoms with van der Waals surface area (Å²) < 4.78 is 5.37. The molecule has 8 heteroatoms. The molecule has 0 radical (unpaired) electrons. The monoisotopic (exact) mass is 442 g/mol. The number of benzene rings is 1. The van der Waals surface area contributed by atoms with Crippen molar-refractivity contribution in [3.63, 3.8) is 0 Å². The predicted octanol–water partition coefficient (Wildman–Crippen LogP) is 2.93. The molecule has 32 heavy (non-hydrogen) atoms. The Balaban J connectivity index is 1.50. The largest absolute Gasteiger partial charge is 0.378 e. The third kappa shape index (κ3) is 6.65. The second kappa shape index (κ2) is 10.3. The Labute approximate surface area is 189 Å². The van der Waals surface area contributed by atoms with Crippen LogP contribution in [-0.2, 0) is 9.53 Å². The fraction of sp³-hybridized carbons (Fsp3) is 0.625. The Kier molecular flexibility index (Phi) is 7.69. The highest BCUT2D eigenvalue weighted by Crippen LogP contribution is 2.46. The van der Waals surface area contributed by atoms with E-state index >= 15 is 0 Å². The molecule has 2 N–H and O–H groups in total. The van der Waals surface area contributed by atoms with Crippen LogP contribution < -0.4 is 15.5 Å². The average Bonchev–Trinajstić information content (AvgIpc) is 2.75. The zero-order valence-corrected chi connectivity index (χ0v) is 19.3. The van der Waals surface area contributed by atoms with E-state index in [2.05, 4.69) is 41.3 Å². The molecule has 2 amide bonds. The lowest BCUT2D eigenvalue weighted by Gasteiger charge is -2.46. The van der Waals surface area contributed by atoms with Crippen molar-refractivity contribution >= 4 is 23.6 Å². The lowest BCUT2D eigenvalue weighted by Crippen LogP contribution is -2.51. The van der Waals surface area contributed by atoms with Gasteiger partial charge in [-0.3, -0.25) is 4.79 Å². The van der Waals surface area contributed by atoms with E-state index in [0.29, 0.717) is 25.3 Å². The van der Waals surface area contributed by atoms with Gasteiger partial charge in [0.2, 0.25) is 6.08 Å². The highest BCUT2D eigenvalue weighted by molar-refractivity contribution is 5.99. The molecule has 1 aliphatic carbocycles. The quantitative estimate of drug-likeness (QED) is 0.384. The van der Waals surface area contributed by atoms with E-state index in [1.54, 1.807) is 18.2 Å². The predicted molar refractivity (Wildman–Crippen MR) is 123 cm³/mol. The van der Waals surface area contributed by atoms with Gasteiger partial charge in [-0.2, -0.15) is 0 Å². The molecule has 1 saturated carbocycles. The molecule has 1 aromatic rings. The van der Waals surface area contributed by atoms with Crippen LogP contribution in [0.1, 0.15) is 50.4 Å². The molecule has 174 valence electrons. The zero-order valence-electron chi connectivity index (χ0n) is 19.3. The van der Waals surface area contributed by atoms with Crippen LogP contribution >= 0.6 is 0 Å². The fourth-order valence-corrected chi connectivity index (χ4v) is 5.26. The smallest absolute Gasteiger partial charge is 0.315 e. The van der Waals surface area contributed by atoms with E-state index < -0.39 is 0 Å². The minimum atomic E-state index is -0.354. The summed E-state index contributed by atoms with van der Waals surface area (Å²) in [7, 11) is 0. The number of aliphatic imine (C=N–C) groups is 1. The van der Waals surface area contributed by atoms with Gasteiger partial charge in [0.05, 0.1) is 26.3 Å². The number of hydrogen-bond acceptors (Lipinski definition) is 6. The van der Waals surface area contributed by atoms with Crippen molar-refractivity contribution in [2.75, 3.05) is 44.3 Å². The number of carbonyl (C=O) groups is 2. The van der Waals surface area contributed by atoms with Crippen LogP contribution in [-0.4, -0.2) is 63.3 Å². The Bertz CT molecular complexity index is 857. The van der Waals surface area contributed by atoms with Crippen molar-refractivity contribution < 1.29 is 19.1 Å². The van der Waals surface area contributed by atoms with Gasteiger partial charge < -0.3 is 20.3 Å². The van der Waals surface area contributed by atoms with Gasteiger partial charge in [0.15, 0.2) is 5.78 Å². The molecular weight excluding hydrogens is 408 g/mol.